The first kappa shape index (κ1) is 11.0. The summed E-state index contributed by atoms with van der Waals surface area (Å²) in [5.41, 5.74) is 1.24. The Kier molecular flexibility index (Phi) is 4.74. The molecule has 0 radical (unpaired) electrons. The molecule has 1 nitrogen and oxygen atoms in total. The molecule has 13 heavy (non-hydrogen) atoms. The van der Waals surface area contributed by atoms with Crippen molar-refractivity contribution in [3.05, 3.63) is 23.7 Å². The largest absolute Gasteiger partial charge is 0.468 e. The number of furan rings is 1. The summed E-state index contributed by atoms with van der Waals surface area (Å²) in [6, 6.07) is 2.00. The van der Waals surface area contributed by atoms with Crippen molar-refractivity contribution < 1.29 is 4.42 Å². The van der Waals surface area contributed by atoms with Gasteiger partial charge in [-0.25, -0.2) is 0 Å². The molecular weight excluding hydrogens is 204 g/mol. The molecule has 0 amide bonds. The number of thioether (sulfide) groups is 1. The highest BCUT2D eigenvalue weighted by Crippen LogP contribution is 2.19. The molecule has 0 fully saturated rings. The van der Waals surface area contributed by atoms with Gasteiger partial charge >= 0.3 is 0 Å². The molecule has 1 rings (SSSR count). The second-order valence-corrected chi connectivity index (χ2v) is 4.64. The fourth-order valence-electron chi connectivity index (χ4n) is 0.949. The zero-order chi connectivity index (χ0) is 9.68. The van der Waals surface area contributed by atoms with Crippen molar-refractivity contribution in [3.8, 4) is 0 Å². The third-order valence-corrected chi connectivity index (χ3v) is 3.66. The molecule has 0 aliphatic heterocycles. The van der Waals surface area contributed by atoms with Gasteiger partial charge in [-0.15, -0.1) is 11.6 Å². The van der Waals surface area contributed by atoms with E-state index in [-0.39, 0.29) is 0 Å². The molecule has 0 aliphatic rings. The highest BCUT2D eigenvalue weighted by Gasteiger charge is 2.04. The smallest absolute Gasteiger partial charge is 0.116 e. The summed E-state index contributed by atoms with van der Waals surface area (Å²) < 4.78 is 5.33. The Morgan fingerprint density at radius 3 is 2.92 bits per heavy atom. The third kappa shape index (κ3) is 3.65. The number of alkyl halides is 1. The summed E-state index contributed by atoms with van der Waals surface area (Å²) in [7, 11) is 0. The van der Waals surface area contributed by atoms with E-state index in [0.29, 0.717) is 5.92 Å². The van der Waals surface area contributed by atoms with Crippen molar-refractivity contribution in [3.63, 3.8) is 0 Å². The van der Waals surface area contributed by atoms with Gasteiger partial charge in [0.2, 0.25) is 0 Å². The molecule has 1 unspecified atom stereocenters. The summed E-state index contributed by atoms with van der Waals surface area (Å²) in [4.78, 5) is 0. The van der Waals surface area contributed by atoms with E-state index in [1.165, 1.54) is 5.56 Å². The normalized spacial score (nSPS) is 13.2. The lowest BCUT2D eigenvalue weighted by molar-refractivity contribution is 0.527. The summed E-state index contributed by atoms with van der Waals surface area (Å²) >= 11 is 7.59. The third-order valence-electron chi connectivity index (χ3n) is 1.87. The Morgan fingerprint density at radius 1 is 1.62 bits per heavy atom. The monoisotopic (exact) mass is 218 g/mol. The first-order valence-corrected chi connectivity index (χ1v) is 6.09. The molecule has 0 aliphatic carbocycles. The number of halogens is 1. The van der Waals surface area contributed by atoms with Gasteiger partial charge in [-0.2, -0.15) is 11.8 Å². The molecule has 0 saturated carbocycles. The lowest BCUT2D eigenvalue weighted by atomic mass is 10.3. The maximum absolute atomic E-state index is 5.71. The highest BCUT2D eigenvalue weighted by atomic mass is 35.5. The van der Waals surface area contributed by atoms with Crippen molar-refractivity contribution in [2.45, 2.75) is 19.6 Å². The summed E-state index contributed by atoms with van der Waals surface area (Å²) in [6.45, 7) is 4.24. The van der Waals surface area contributed by atoms with Gasteiger partial charge in [-0.05, 0) is 30.2 Å². The van der Waals surface area contributed by atoms with E-state index in [0.717, 1.165) is 23.1 Å². The van der Waals surface area contributed by atoms with Crippen LogP contribution < -0.4 is 0 Å². The zero-order valence-corrected chi connectivity index (χ0v) is 9.62. The predicted octanol–water partition coefficient (Wildman–Crippen LogP) is 3.70. The lowest BCUT2D eigenvalue weighted by Gasteiger charge is -2.05. The summed E-state index contributed by atoms with van der Waals surface area (Å²) in [5, 5.41) is 0. The molecule has 1 aromatic heterocycles. The van der Waals surface area contributed by atoms with Gasteiger partial charge in [0, 0.05) is 5.88 Å². The first-order chi connectivity index (χ1) is 6.24. The molecule has 0 spiro atoms. The molecule has 0 N–H and O–H groups in total. The Morgan fingerprint density at radius 2 is 2.38 bits per heavy atom. The topological polar surface area (TPSA) is 13.1 Å². The van der Waals surface area contributed by atoms with E-state index in [1.807, 2.05) is 17.8 Å². The zero-order valence-electron chi connectivity index (χ0n) is 8.05. The van der Waals surface area contributed by atoms with Crippen molar-refractivity contribution in [2.75, 3.05) is 11.6 Å². The Bertz CT molecular complexity index is 247. The van der Waals surface area contributed by atoms with Gasteiger partial charge in [-0.1, -0.05) is 6.92 Å². The van der Waals surface area contributed by atoms with E-state index in [4.69, 9.17) is 16.0 Å². The number of rotatable bonds is 5. The van der Waals surface area contributed by atoms with E-state index in [1.54, 1.807) is 6.26 Å². The van der Waals surface area contributed by atoms with E-state index >= 15 is 0 Å². The first-order valence-electron chi connectivity index (χ1n) is 4.40. The molecule has 1 atom stereocenters. The molecule has 0 aromatic carbocycles. The van der Waals surface area contributed by atoms with Gasteiger partial charge in [0.15, 0.2) is 0 Å². The van der Waals surface area contributed by atoms with Crippen molar-refractivity contribution in [1.29, 1.82) is 0 Å². The Labute approximate surface area is 88.8 Å². The average Bonchev–Trinajstić information content (AvgIpc) is 2.52. The fraction of sp³-hybridized carbons (Fsp3) is 0.600. The van der Waals surface area contributed by atoms with Crippen LogP contribution in [0.4, 0.5) is 0 Å². The molecule has 3 heteroatoms. The summed E-state index contributed by atoms with van der Waals surface area (Å²) in [5.74, 6) is 4.47. The van der Waals surface area contributed by atoms with Gasteiger partial charge in [0.05, 0.1) is 12.0 Å². The second-order valence-electron chi connectivity index (χ2n) is 3.30. The molecule has 1 heterocycles. The number of aryl methyl sites for hydroxylation is 1. The quantitative estimate of drug-likeness (QED) is 0.700. The van der Waals surface area contributed by atoms with Crippen LogP contribution in [0, 0.1) is 12.8 Å². The van der Waals surface area contributed by atoms with E-state index in [9.17, 15) is 0 Å². The van der Waals surface area contributed by atoms with Crippen LogP contribution in [0.25, 0.3) is 0 Å². The van der Waals surface area contributed by atoms with Gasteiger partial charge in [0.1, 0.15) is 5.76 Å². The molecule has 0 saturated heterocycles. The van der Waals surface area contributed by atoms with Crippen molar-refractivity contribution >= 4 is 23.4 Å². The average molecular weight is 219 g/mol. The standard InChI is InChI=1S/C10H15ClOS/c1-8(5-11)6-13-7-10-9(2)3-4-12-10/h3-4,8H,5-7H2,1-2H3. The minimum absolute atomic E-state index is 0.585. The minimum Gasteiger partial charge on any atom is -0.468 e. The van der Waals surface area contributed by atoms with Crippen LogP contribution in [0.15, 0.2) is 16.7 Å². The maximum Gasteiger partial charge on any atom is 0.116 e. The van der Waals surface area contributed by atoms with Crippen LogP contribution in [0.2, 0.25) is 0 Å². The van der Waals surface area contributed by atoms with Crippen LogP contribution >= 0.6 is 23.4 Å². The van der Waals surface area contributed by atoms with Crippen LogP contribution in [-0.2, 0) is 5.75 Å². The van der Waals surface area contributed by atoms with Gasteiger partial charge in [0.25, 0.3) is 0 Å². The molecule has 0 bridgehead atoms. The van der Waals surface area contributed by atoms with Crippen LogP contribution in [-0.4, -0.2) is 11.6 Å². The second kappa shape index (κ2) is 5.61. The maximum atomic E-state index is 5.71. The van der Waals surface area contributed by atoms with Crippen molar-refractivity contribution in [2.24, 2.45) is 5.92 Å². The minimum atomic E-state index is 0.585. The van der Waals surface area contributed by atoms with Crippen LogP contribution in [0.3, 0.4) is 0 Å². The molecular formula is C10H15ClOS. The Balaban J connectivity index is 2.24. The van der Waals surface area contributed by atoms with Gasteiger partial charge in [-0.3, -0.25) is 0 Å². The predicted molar refractivity (Wildman–Crippen MR) is 59.5 cm³/mol. The van der Waals surface area contributed by atoms with Gasteiger partial charge < -0.3 is 4.42 Å². The lowest BCUT2D eigenvalue weighted by Crippen LogP contribution is -1.99. The van der Waals surface area contributed by atoms with Crippen LogP contribution in [0.1, 0.15) is 18.2 Å². The van der Waals surface area contributed by atoms with Crippen molar-refractivity contribution in [1.82, 2.24) is 0 Å². The SMILES string of the molecule is Cc1ccoc1CSCC(C)CCl. The molecule has 1 aromatic rings. The number of hydrogen-bond acceptors (Lipinski definition) is 2. The highest BCUT2D eigenvalue weighted by molar-refractivity contribution is 7.98. The van der Waals surface area contributed by atoms with Crippen LogP contribution in [0.5, 0.6) is 0 Å². The number of hydrogen-bond donors (Lipinski definition) is 0. The fourth-order valence-corrected chi connectivity index (χ4v) is 2.31. The van der Waals surface area contributed by atoms with E-state index < -0.39 is 0 Å². The Hall–Kier alpha value is -0.0800. The summed E-state index contributed by atoms with van der Waals surface area (Å²) in [6.07, 6.45) is 1.75. The van der Waals surface area contributed by atoms with E-state index in [2.05, 4.69) is 13.8 Å². The molecule has 74 valence electrons.